The summed E-state index contributed by atoms with van der Waals surface area (Å²) >= 11 is 0. The summed E-state index contributed by atoms with van der Waals surface area (Å²) in [5, 5.41) is 11.8. The van der Waals surface area contributed by atoms with Crippen LogP contribution >= 0.6 is 0 Å². The fourth-order valence-electron chi connectivity index (χ4n) is 3.86. The third-order valence-electron chi connectivity index (χ3n) is 5.22. The van der Waals surface area contributed by atoms with E-state index in [4.69, 9.17) is 5.11 Å². The van der Waals surface area contributed by atoms with Gasteiger partial charge in [0, 0.05) is 47.8 Å². The van der Waals surface area contributed by atoms with Crippen LogP contribution in [0.3, 0.4) is 0 Å². The van der Waals surface area contributed by atoms with Gasteiger partial charge in [0.25, 0.3) is 0 Å². The monoisotopic (exact) mass is 345 g/mol. The van der Waals surface area contributed by atoms with E-state index in [2.05, 4.69) is 83.2 Å². The van der Waals surface area contributed by atoms with Crippen molar-refractivity contribution in [1.82, 2.24) is 4.57 Å². The maximum absolute atomic E-state index is 9.17. The van der Waals surface area contributed by atoms with Gasteiger partial charge in [0.15, 0.2) is 6.20 Å². The lowest BCUT2D eigenvalue weighted by Gasteiger charge is -2.05. The maximum Gasteiger partial charge on any atom is 0.212 e. The van der Waals surface area contributed by atoms with Crippen molar-refractivity contribution >= 4 is 21.8 Å². The Balaban J connectivity index is 1.66. The Morgan fingerprint density at radius 3 is 2.46 bits per heavy atom. The lowest BCUT2D eigenvalue weighted by molar-refractivity contribution is -0.644. The number of aliphatic hydroxyl groups is 1. The SMILES string of the molecule is C[n+]1ccc(CCc2cn(CCCO)c3ccccc23)c2ccccc21. The first-order chi connectivity index (χ1) is 12.8. The number of rotatable bonds is 6. The number of fused-ring (bicyclic) bond motifs is 2. The molecule has 0 radical (unpaired) electrons. The zero-order valence-electron chi connectivity index (χ0n) is 15.2. The molecule has 0 aliphatic rings. The van der Waals surface area contributed by atoms with Crippen LogP contribution in [0.1, 0.15) is 17.5 Å². The first-order valence-corrected chi connectivity index (χ1v) is 9.32. The van der Waals surface area contributed by atoms with Crippen molar-refractivity contribution in [2.75, 3.05) is 6.61 Å². The molecule has 1 N–H and O–H groups in total. The van der Waals surface area contributed by atoms with Gasteiger partial charge >= 0.3 is 0 Å². The second-order valence-corrected chi connectivity index (χ2v) is 6.91. The molecule has 2 aromatic carbocycles. The van der Waals surface area contributed by atoms with Crippen LogP contribution in [-0.2, 0) is 26.4 Å². The van der Waals surface area contributed by atoms with E-state index >= 15 is 0 Å². The second-order valence-electron chi connectivity index (χ2n) is 6.91. The van der Waals surface area contributed by atoms with E-state index in [0.717, 1.165) is 25.8 Å². The summed E-state index contributed by atoms with van der Waals surface area (Å²) in [5.41, 5.74) is 5.32. The van der Waals surface area contributed by atoms with Gasteiger partial charge in [-0.1, -0.05) is 30.3 Å². The predicted molar refractivity (Wildman–Crippen MR) is 106 cm³/mol. The van der Waals surface area contributed by atoms with Crippen LogP contribution in [0.25, 0.3) is 21.8 Å². The third kappa shape index (κ3) is 3.11. The average molecular weight is 345 g/mol. The molecule has 0 bridgehead atoms. The van der Waals surface area contributed by atoms with Crippen molar-refractivity contribution in [3.05, 3.63) is 78.1 Å². The zero-order valence-corrected chi connectivity index (χ0v) is 15.2. The van der Waals surface area contributed by atoms with E-state index in [-0.39, 0.29) is 6.61 Å². The van der Waals surface area contributed by atoms with Crippen LogP contribution in [0.15, 0.2) is 67.0 Å². The summed E-state index contributed by atoms with van der Waals surface area (Å²) in [5.74, 6) is 0. The third-order valence-corrected chi connectivity index (χ3v) is 5.22. The van der Waals surface area contributed by atoms with E-state index in [1.54, 1.807) is 0 Å². The van der Waals surface area contributed by atoms with Crippen molar-refractivity contribution in [3.8, 4) is 0 Å². The molecule has 0 unspecified atom stereocenters. The first kappa shape index (κ1) is 16.8. The topological polar surface area (TPSA) is 29.0 Å². The fraction of sp³-hybridized carbons (Fsp3) is 0.261. The largest absolute Gasteiger partial charge is 0.396 e. The van der Waals surface area contributed by atoms with Gasteiger partial charge in [-0.3, -0.25) is 0 Å². The van der Waals surface area contributed by atoms with Gasteiger partial charge in [0.05, 0.1) is 0 Å². The minimum atomic E-state index is 0.231. The van der Waals surface area contributed by atoms with Crippen LogP contribution in [0, 0.1) is 0 Å². The number of benzene rings is 2. The molecule has 0 aliphatic heterocycles. The van der Waals surface area contributed by atoms with Crippen LogP contribution in [0.2, 0.25) is 0 Å². The van der Waals surface area contributed by atoms with Gasteiger partial charge in [-0.05, 0) is 42.5 Å². The molecule has 3 nitrogen and oxygen atoms in total. The number of hydrogen-bond donors (Lipinski definition) is 1. The normalized spacial score (nSPS) is 11.5. The summed E-state index contributed by atoms with van der Waals surface area (Å²) in [7, 11) is 2.10. The fourth-order valence-corrected chi connectivity index (χ4v) is 3.86. The molecule has 0 fully saturated rings. The van der Waals surface area contributed by atoms with E-state index in [1.165, 1.54) is 32.9 Å². The molecular formula is C23H25N2O+. The van der Waals surface area contributed by atoms with Crippen LogP contribution in [-0.4, -0.2) is 16.3 Å². The Morgan fingerprint density at radius 1 is 0.885 bits per heavy atom. The highest BCUT2D eigenvalue weighted by Crippen LogP contribution is 2.24. The van der Waals surface area contributed by atoms with E-state index < -0.39 is 0 Å². The molecule has 4 aromatic rings. The number of para-hydroxylation sites is 2. The molecule has 4 rings (SSSR count). The minimum absolute atomic E-state index is 0.231. The van der Waals surface area contributed by atoms with E-state index in [9.17, 15) is 0 Å². The van der Waals surface area contributed by atoms with Gasteiger partial charge in [-0.25, -0.2) is 4.57 Å². The number of aliphatic hydroxyl groups excluding tert-OH is 1. The van der Waals surface area contributed by atoms with Crippen molar-refractivity contribution in [3.63, 3.8) is 0 Å². The summed E-state index contributed by atoms with van der Waals surface area (Å²) in [6, 6.07) is 19.4. The van der Waals surface area contributed by atoms with Gasteiger partial charge in [-0.15, -0.1) is 0 Å². The first-order valence-electron chi connectivity index (χ1n) is 9.32. The molecule has 0 saturated heterocycles. The van der Waals surface area contributed by atoms with Gasteiger partial charge in [0.1, 0.15) is 7.05 Å². The number of hydrogen-bond acceptors (Lipinski definition) is 1. The Hall–Kier alpha value is -2.65. The lowest BCUT2D eigenvalue weighted by atomic mass is 10.0. The maximum atomic E-state index is 9.17. The van der Waals surface area contributed by atoms with Crippen molar-refractivity contribution in [1.29, 1.82) is 0 Å². The number of nitrogens with zero attached hydrogens (tertiary/aromatic N) is 2. The van der Waals surface area contributed by atoms with E-state index in [0.29, 0.717) is 0 Å². The summed E-state index contributed by atoms with van der Waals surface area (Å²) in [6.45, 7) is 1.09. The summed E-state index contributed by atoms with van der Waals surface area (Å²) in [4.78, 5) is 0. The summed E-state index contributed by atoms with van der Waals surface area (Å²) in [6.07, 6.45) is 7.26. The quantitative estimate of drug-likeness (QED) is 0.529. The second kappa shape index (κ2) is 7.30. The molecule has 132 valence electrons. The molecule has 0 amide bonds. The van der Waals surface area contributed by atoms with Crippen LogP contribution < -0.4 is 4.57 Å². The zero-order chi connectivity index (χ0) is 17.9. The highest BCUT2D eigenvalue weighted by Gasteiger charge is 2.12. The minimum Gasteiger partial charge on any atom is -0.396 e. The van der Waals surface area contributed by atoms with Crippen molar-refractivity contribution in [2.24, 2.45) is 7.05 Å². The van der Waals surface area contributed by atoms with Crippen LogP contribution in [0.4, 0.5) is 0 Å². The van der Waals surface area contributed by atoms with Crippen LogP contribution in [0.5, 0.6) is 0 Å². The highest BCUT2D eigenvalue weighted by molar-refractivity contribution is 5.84. The molecule has 26 heavy (non-hydrogen) atoms. The molecule has 0 aliphatic carbocycles. The van der Waals surface area contributed by atoms with Gasteiger partial charge in [-0.2, -0.15) is 0 Å². The molecule has 0 saturated carbocycles. The lowest BCUT2D eigenvalue weighted by Crippen LogP contribution is -2.28. The summed E-state index contributed by atoms with van der Waals surface area (Å²) < 4.78 is 4.46. The van der Waals surface area contributed by atoms with Crippen molar-refractivity contribution in [2.45, 2.75) is 25.8 Å². The molecule has 3 heteroatoms. The Bertz CT molecular complexity index is 1050. The number of aromatic nitrogens is 2. The van der Waals surface area contributed by atoms with Crippen molar-refractivity contribution < 1.29 is 9.67 Å². The molecule has 0 spiro atoms. The molecule has 0 atom stereocenters. The predicted octanol–water partition coefficient (Wildman–Crippen LogP) is 3.79. The average Bonchev–Trinajstić information content (AvgIpc) is 3.04. The number of aryl methyl sites for hydroxylation is 4. The molecular weight excluding hydrogens is 320 g/mol. The van der Waals surface area contributed by atoms with Gasteiger partial charge < -0.3 is 9.67 Å². The Morgan fingerprint density at radius 2 is 1.62 bits per heavy atom. The standard InChI is InChI=1S/C23H25N2O/c1-24-15-13-18(20-7-2-4-9-22(20)24)11-12-19-17-25(14-6-16-26)23-10-5-3-8-21(19)23/h2-5,7-10,13,15,17,26H,6,11-12,14,16H2,1H3/q+1. The highest BCUT2D eigenvalue weighted by atomic mass is 16.3. The van der Waals surface area contributed by atoms with E-state index in [1.807, 2.05) is 0 Å². The molecule has 2 heterocycles. The smallest absolute Gasteiger partial charge is 0.212 e. The van der Waals surface area contributed by atoms with Gasteiger partial charge in [0.2, 0.25) is 5.52 Å². The molecule has 2 aromatic heterocycles. The Labute approximate surface area is 154 Å². The Kier molecular flexibility index (Phi) is 4.72. The number of pyridine rings is 1.